The summed E-state index contributed by atoms with van der Waals surface area (Å²) >= 11 is 3.39. The lowest BCUT2D eigenvalue weighted by atomic mass is 9.89. The largest absolute Gasteiger partial charge is 0.344 e. The summed E-state index contributed by atoms with van der Waals surface area (Å²) in [7, 11) is 0. The molecule has 3 nitrogen and oxygen atoms in total. The van der Waals surface area contributed by atoms with E-state index in [4.69, 9.17) is 5.26 Å². The number of hydrogen-bond donors (Lipinski definition) is 1. The average molecular weight is 268 g/mol. The van der Waals surface area contributed by atoms with Gasteiger partial charge in [0.05, 0.1) is 18.2 Å². The molecule has 15 heavy (non-hydrogen) atoms. The lowest BCUT2D eigenvalue weighted by molar-refractivity contribution is 0.430. The van der Waals surface area contributed by atoms with Crippen LogP contribution >= 0.6 is 15.9 Å². The van der Waals surface area contributed by atoms with Crippen LogP contribution in [-0.4, -0.2) is 9.97 Å². The van der Waals surface area contributed by atoms with Gasteiger partial charge in [-0.3, -0.25) is 0 Å². The fourth-order valence-corrected chi connectivity index (χ4v) is 2.60. The van der Waals surface area contributed by atoms with Gasteiger partial charge in [-0.2, -0.15) is 5.26 Å². The summed E-state index contributed by atoms with van der Waals surface area (Å²) in [6.45, 7) is 0. The highest BCUT2D eigenvalue weighted by atomic mass is 79.9. The van der Waals surface area contributed by atoms with Crippen LogP contribution in [0.3, 0.4) is 0 Å². The molecule has 0 atom stereocenters. The second kappa shape index (κ2) is 4.80. The summed E-state index contributed by atoms with van der Waals surface area (Å²) in [4.78, 5) is 7.73. The van der Waals surface area contributed by atoms with Crippen LogP contribution in [0.2, 0.25) is 0 Å². The minimum absolute atomic E-state index is 0.403. The van der Waals surface area contributed by atoms with Crippen molar-refractivity contribution in [2.45, 2.75) is 44.4 Å². The monoisotopic (exact) mass is 267 g/mol. The summed E-state index contributed by atoms with van der Waals surface area (Å²) in [6.07, 6.45) is 6.81. The molecule has 0 aromatic carbocycles. The van der Waals surface area contributed by atoms with Gasteiger partial charge < -0.3 is 4.98 Å². The van der Waals surface area contributed by atoms with Gasteiger partial charge in [0.25, 0.3) is 0 Å². The van der Waals surface area contributed by atoms with Crippen molar-refractivity contribution in [3.05, 3.63) is 16.1 Å². The van der Waals surface area contributed by atoms with E-state index in [1.54, 1.807) is 0 Å². The Morgan fingerprint density at radius 2 is 2.13 bits per heavy atom. The Hall–Kier alpha value is -0.820. The topological polar surface area (TPSA) is 52.5 Å². The Bertz CT molecular complexity index is 372. The first-order valence-corrected chi connectivity index (χ1v) is 6.22. The van der Waals surface area contributed by atoms with E-state index in [-0.39, 0.29) is 0 Å². The standard InChI is InChI=1S/C11H14BrN3/c12-10-9(6-7-13)14-11(15-10)8-4-2-1-3-5-8/h8H,1-6H2,(H,14,15). The SMILES string of the molecule is N#CCc1[nH]c(C2CCCCC2)nc1Br. The molecule has 1 N–H and O–H groups in total. The van der Waals surface area contributed by atoms with Gasteiger partial charge in [0.2, 0.25) is 0 Å². The molecule has 1 aromatic heterocycles. The number of hydrogen-bond acceptors (Lipinski definition) is 2. The van der Waals surface area contributed by atoms with Crippen molar-refractivity contribution in [1.82, 2.24) is 9.97 Å². The second-order valence-electron chi connectivity index (χ2n) is 4.06. The van der Waals surface area contributed by atoms with Gasteiger partial charge in [0.1, 0.15) is 10.4 Å². The Morgan fingerprint density at radius 1 is 1.40 bits per heavy atom. The number of halogens is 1. The van der Waals surface area contributed by atoms with E-state index in [0.29, 0.717) is 12.3 Å². The molecule has 0 aliphatic heterocycles. The van der Waals surface area contributed by atoms with Crippen LogP contribution in [-0.2, 0) is 6.42 Å². The number of nitrogens with zero attached hydrogens (tertiary/aromatic N) is 2. The summed E-state index contributed by atoms with van der Waals surface area (Å²) in [5, 5.41) is 8.65. The zero-order chi connectivity index (χ0) is 10.7. The molecule has 0 spiro atoms. The smallest absolute Gasteiger partial charge is 0.128 e. The van der Waals surface area contributed by atoms with E-state index in [1.807, 2.05) is 0 Å². The Morgan fingerprint density at radius 3 is 2.80 bits per heavy atom. The second-order valence-corrected chi connectivity index (χ2v) is 4.81. The number of H-pyrrole nitrogens is 1. The molecule has 2 rings (SSSR count). The fraction of sp³-hybridized carbons (Fsp3) is 0.636. The zero-order valence-electron chi connectivity index (χ0n) is 8.59. The van der Waals surface area contributed by atoms with Gasteiger partial charge in [-0.05, 0) is 28.8 Å². The van der Waals surface area contributed by atoms with Crippen LogP contribution in [0.4, 0.5) is 0 Å². The molecule has 1 heterocycles. The van der Waals surface area contributed by atoms with Crippen molar-refractivity contribution >= 4 is 15.9 Å². The maximum atomic E-state index is 8.65. The molecular formula is C11H14BrN3. The molecule has 80 valence electrons. The number of imidazole rings is 1. The summed E-state index contributed by atoms with van der Waals surface area (Å²) < 4.78 is 0.810. The van der Waals surface area contributed by atoms with Gasteiger partial charge >= 0.3 is 0 Å². The minimum Gasteiger partial charge on any atom is -0.344 e. The summed E-state index contributed by atoms with van der Waals surface area (Å²) in [6, 6.07) is 2.14. The lowest BCUT2D eigenvalue weighted by Crippen LogP contribution is -2.06. The Kier molecular flexibility index (Phi) is 3.42. The van der Waals surface area contributed by atoms with E-state index in [9.17, 15) is 0 Å². The fourth-order valence-electron chi connectivity index (χ4n) is 2.17. The van der Waals surface area contributed by atoms with E-state index in [2.05, 4.69) is 32.0 Å². The van der Waals surface area contributed by atoms with Crippen molar-refractivity contribution in [3.63, 3.8) is 0 Å². The van der Waals surface area contributed by atoms with Gasteiger partial charge in [-0.25, -0.2) is 4.98 Å². The first kappa shape index (κ1) is 10.7. The van der Waals surface area contributed by atoms with Crippen molar-refractivity contribution in [3.8, 4) is 6.07 Å². The maximum Gasteiger partial charge on any atom is 0.128 e. The minimum atomic E-state index is 0.403. The van der Waals surface area contributed by atoms with E-state index in [0.717, 1.165) is 16.1 Å². The van der Waals surface area contributed by atoms with Gasteiger partial charge in [0.15, 0.2) is 0 Å². The predicted molar refractivity (Wildman–Crippen MR) is 61.4 cm³/mol. The molecule has 1 fully saturated rings. The number of aromatic nitrogens is 2. The van der Waals surface area contributed by atoms with E-state index >= 15 is 0 Å². The van der Waals surface area contributed by atoms with Crippen LogP contribution in [0.1, 0.15) is 49.5 Å². The van der Waals surface area contributed by atoms with Crippen molar-refractivity contribution < 1.29 is 0 Å². The van der Waals surface area contributed by atoms with Crippen LogP contribution in [0, 0.1) is 11.3 Å². The number of rotatable bonds is 2. The van der Waals surface area contributed by atoms with Crippen molar-refractivity contribution in [1.29, 1.82) is 5.26 Å². The van der Waals surface area contributed by atoms with Crippen LogP contribution < -0.4 is 0 Å². The molecular weight excluding hydrogens is 254 g/mol. The highest BCUT2D eigenvalue weighted by Gasteiger charge is 2.19. The van der Waals surface area contributed by atoms with Crippen molar-refractivity contribution in [2.24, 2.45) is 0 Å². The third-order valence-corrected chi connectivity index (χ3v) is 3.65. The Labute approximate surface area is 98.0 Å². The first-order chi connectivity index (χ1) is 7.31. The first-order valence-electron chi connectivity index (χ1n) is 5.42. The molecule has 0 bridgehead atoms. The molecule has 4 heteroatoms. The van der Waals surface area contributed by atoms with Crippen LogP contribution in [0.15, 0.2) is 4.60 Å². The molecule has 1 aliphatic carbocycles. The molecule has 1 aromatic rings. The average Bonchev–Trinajstić information content (AvgIpc) is 2.63. The van der Waals surface area contributed by atoms with Gasteiger partial charge in [0, 0.05) is 5.92 Å². The molecule has 1 saturated carbocycles. The van der Waals surface area contributed by atoms with Gasteiger partial charge in [-0.1, -0.05) is 19.3 Å². The third-order valence-electron chi connectivity index (χ3n) is 2.99. The number of nitrogens with one attached hydrogen (secondary N) is 1. The lowest BCUT2D eigenvalue weighted by Gasteiger charge is -2.19. The highest BCUT2D eigenvalue weighted by molar-refractivity contribution is 9.10. The number of aromatic amines is 1. The van der Waals surface area contributed by atoms with Crippen molar-refractivity contribution in [2.75, 3.05) is 0 Å². The molecule has 0 amide bonds. The van der Waals surface area contributed by atoms with E-state index in [1.165, 1.54) is 32.1 Å². The maximum absolute atomic E-state index is 8.65. The summed E-state index contributed by atoms with van der Waals surface area (Å²) in [5.41, 5.74) is 0.915. The van der Waals surface area contributed by atoms with Gasteiger partial charge in [-0.15, -0.1) is 0 Å². The predicted octanol–water partition coefficient (Wildman–Crippen LogP) is 3.29. The normalized spacial score (nSPS) is 17.6. The summed E-state index contributed by atoms with van der Waals surface area (Å²) in [5.74, 6) is 1.63. The van der Waals surface area contributed by atoms with Crippen LogP contribution in [0.25, 0.3) is 0 Å². The Balaban J connectivity index is 2.14. The molecule has 1 aliphatic rings. The molecule has 0 unspecified atom stereocenters. The van der Waals surface area contributed by atoms with Crippen LogP contribution in [0.5, 0.6) is 0 Å². The molecule has 0 saturated heterocycles. The zero-order valence-corrected chi connectivity index (χ0v) is 10.2. The quantitative estimate of drug-likeness (QED) is 0.894. The van der Waals surface area contributed by atoms with E-state index < -0.39 is 0 Å². The molecule has 0 radical (unpaired) electrons. The highest BCUT2D eigenvalue weighted by Crippen LogP contribution is 2.32. The third kappa shape index (κ3) is 2.40. The number of nitriles is 1.